The van der Waals surface area contributed by atoms with Crippen molar-refractivity contribution in [2.75, 3.05) is 32.1 Å². The molecule has 1 amide bonds. The second-order valence-electron chi connectivity index (χ2n) is 5.81. The molecule has 0 unspecified atom stereocenters. The zero-order valence-electron chi connectivity index (χ0n) is 15.1. The van der Waals surface area contributed by atoms with Crippen LogP contribution in [0.2, 0.25) is 0 Å². The summed E-state index contributed by atoms with van der Waals surface area (Å²) in [5.74, 6) is 0.263. The van der Waals surface area contributed by atoms with Crippen LogP contribution in [0, 0.1) is 0 Å². The fourth-order valence-electron chi connectivity index (χ4n) is 2.69. The van der Waals surface area contributed by atoms with Gasteiger partial charge in [-0.05, 0) is 31.6 Å². The van der Waals surface area contributed by atoms with Crippen LogP contribution < -0.4 is 10.9 Å². The van der Waals surface area contributed by atoms with Gasteiger partial charge in [0.25, 0.3) is 11.5 Å². The summed E-state index contributed by atoms with van der Waals surface area (Å²) in [4.78, 5) is 32.0. The number of likely N-dealkylation sites (N-methyl/N-ethyl adjacent to an activating group) is 1. The van der Waals surface area contributed by atoms with Crippen molar-refractivity contribution < 1.29 is 9.53 Å². The lowest BCUT2D eigenvalue weighted by Gasteiger charge is -2.11. The first-order chi connectivity index (χ1) is 13.1. The number of amides is 1. The van der Waals surface area contributed by atoms with E-state index in [1.807, 2.05) is 13.0 Å². The lowest BCUT2D eigenvalue weighted by atomic mass is 10.2. The number of aromatic nitrogens is 2. The molecule has 0 aliphatic carbocycles. The zero-order chi connectivity index (χ0) is 19.4. The van der Waals surface area contributed by atoms with Crippen LogP contribution in [0.3, 0.4) is 0 Å². The van der Waals surface area contributed by atoms with Crippen molar-refractivity contribution in [3.8, 4) is 0 Å². The molecular weight excluding hydrogens is 384 g/mol. The molecule has 2 aromatic rings. The highest BCUT2D eigenvalue weighted by Crippen LogP contribution is 2.32. The molecule has 142 valence electrons. The van der Waals surface area contributed by atoms with Crippen molar-refractivity contribution in [2.24, 2.45) is 0 Å². The van der Waals surface area contributed by atoms with E-state index in [1.165, 1.54) is 21.1 Å². The minimum absolute atomic E-state index is 0.185. The Morgan fingerprint density at radius 3 is 2.89 bits per heavy atom. The van der Waals surface area contributed by atoms with Crippen molar-refractivity contribution >= 4 is 51.7 Å². The number of methoxy groups -OCH3 is 1. The maximum Gasteiger partial charge on any atom is 0.267 e. The van der Waals surface area contributed by atoms with Gasteiger partial charge in [-0.15, -0.1) is 0 Å². The number of pyridine rings is 1. The van der Waals surface area contributed by atoms with Crippen molar-refractivity contribution in [3.63, 3.8) is 0 Å². The Morgan fingerprint density at radius 2 is 2.19 bits per heavy atom. The third-order valence-corrected chi connectivity index (χ3v) is 5.43. The SMILES string of the molecule is CCN1C(=O)/C(=C\c2c(NCCCOC)nc3ccccn3c2=O)SC1=S. The molecule has 0 spiro atoms. The number of hydrogen-bond acceptors (Lipinski definition) is 7. The molecule has 1 saturated heterocycles. The van der Waals surface area contributed by atoms with Crippen LogP contribution in [-0.2, 0) is 9.53 Å². The number of carbonyl (C=O) groups is 1. The highest BCUT2D eigenvalue weighted by atomic mass is 32.2. The number of ether oxygens (including phenoxy) is 1. The highest BCUT2D eigenvalue weighted by molar-refractivity contribution is 8.26. The minimum Gasteiger partial charge on any atom is -0.385 e. The number of hydrogen-bond donors (Lipinski definition) is 1. The van der Waals surface area contributed by atoms with Gasteiger partial charge >= 0.3 is 0 Å². The molecule has 1 aliphatic rings. The largest absolute Gasteiger partial charge is 0.385 e. The first-order valence-electron chi connectivity index (χ1n) is 8.56. The Bertz CT molecular complexity index is 971. The van der Waals surface area contributed by atoms with Crippen LogP contribution in [0.5, 0.6) is 0 Å². The molecule has 0 radical (unpaired) electrons. The van der Waals surface area contributed by atoms with Gasteiger partial charge in [0.2, 0.25) is 0 Å². The third-order valence-electron chi connectivity index (χ3n) is 4.05. The van der Waals surface area contributed by atoms with Crippen molar-refractivity contribution in [1.82, 2.24) is 14.3 Å². The van der Waals surface area contributed by atoms with Gasteiger partial charge in [0.15, 0.2) is 0 Å². The van der Waals surface area contributed by atoms with Crippen molar-refractivity contribution in [3.05, 3.63) is 45.2 Å². The number of anilines is 1. The predicted molar refractivity (Wildman–Crippen MR) is 112 cm³/mol. The van der Waals surface area contributed by atoms with Gasteiger partial charge in [0.1, 0.15) is 15.8 Å². The van der Waals surface area contributed by atoms with E-state index in [-0.39, 0.29) is 11.5 Å². The normalized spacial score (nSPS) is 15.9. The quantitative estimate of drug-likeness (QED) is 0.431. The molecule has 1 fully saturated rings. The Labute approximate surface area is 166 Å². The van der Waals surface area contributed by atoms with Crippen LogP contribution >= 0.6 is 24.0 Å². The van der Waals surface area contributed by atoms with Gasteiger partial charge in [-0.25, -0.2) is 4.98 Å². The fourth-order valence-corrected chi connectivity index (χ4v) is 4.06. The summed E-state index contributed by atoms with van der Waals surface area (Å²) in [6.45, 7) is 3.56. The van der Waals surface area contributed by atoms with E-state index in [4.69, 9.17) is 17.0 Å². The molecule has 1 aliphatic heterocycles. The van der Waals surface area contributed by atoms with Gasteiger partial charge < -0.3 is 10.1 Å². The number of rotatable bonds is 7. The first kappa shape index (κ1) is 19.5. The van der Waals surface area contributed by atoms with E-state index in [0.717, 1.165) is 6.42 Å². The highest BCUT2D eigenvalue weighted by Gasteiger charge is 2.31. The second kappa shape index (κ2) is 8.64. The van der Waals surface area contributed by atoms with E-state index in [2.05, 4.69) is 10.3 Å². The molecule has 27 heavy (non-hydrogen) atoms. The number of nitrogens with one attached hydrogen (secondary N) is 1. The summed E-state index contributed by atoms with van der Waals surface area (Å²) in [5.41, 5.74) is 0.638. The zero-order valence-corrected chi connectivity index (χ0v) is 16.7. The summed E-state index contributed by atoms with van der Waals surface area (Å²) < 4.78 is 7.02. The molecule has 0 saturated carbocycles. The Hall–Kier alpha value is -2.23. The maximum absolute atomic E-state index is 13.0. The van der Waals surface area contributed by atoms with Crippen LogP contribution in [0.25, 0.3) is 11.7 Å². The maximum atomic E-state index is 13.0. The van der Waals surface area contributed by atoms with Crippen molar-refractivity contribution in [1.29, 1.82) is 0 Å². The van der Waals surface area contributed by atoms with Gasteiger partial charge in [-0.2, -0.15) is 0 Å². The molecule has 0 atom stereocenters. The summed E-state index contributed by atoms with van der Waals surface area (Å²) >= 11 is 6.45. The average molecular weight is 405 g/mol. The lowest BCUT2D eigenvalue weighted by Crippen LogP contribution is -2.27. The molecule has 0 aromatic carbocycles. The van der Waals surface area contributed by atoms with Crippen LogP contribution in [0.4, 0.5) is 5.82 Å². The summed E-state index contributed by atoms with van der Waals surface area (Å²) in [6.07, 6.45) is 4.01. The van der Waals surface area contributed by atoms with Gasteiger partial charge in [0.05, 0.1) is 10.5 Å². The monoisotopic (exact) mass is 404 g/mol. The molecule has 3 rings (SSSR count). The molecule has 9 heteroatoms. The Morgan fingerprint density at radius 1 is 1.37 bits per heavy atom. The number of nitrogens with zero attached hydrogens (tertiary/aromatic N) is 3. The first-order valence-corrected chi connectivity index (χ1v) is 9.79. The molecule has 2 aromatic heterocycles. The molecule has 0 bridgehead atoms. The Kier molecular flexibility index (Phi) is 6.25. The van der Waals surface area contributed by atoms with Crippen molar-refractivity contribution in [2.45, 2.75) is 13.3 Å². The molecule has 7 nitrogen and oxygen atoms in total. The molecule has 3 heterocycles. The van der Waals surface area contributed by atoms with E-state index in [1.54, 1.807) is 31.5 Å². The van der Waals surface area contributed by atoms with E-state index in [0.29, 0.717) is 46.0 Å². The van der Waals surface area contributed by atoms with Gasteiger partial charge in [-0.3, -0.25) is 18.9 Å². The molecular formula is C18H20N4O3S2. The summed E-state index contributed by atoms with van der Waals surface area (Å²) in [5, 5.41) is 3.19. The van der Waals surface area contributed by atoms with E-state index in [9.17, 15) is 9.59 Å². The second-order valence-corrected chi connectivity index (χ2v) is 7.48. The fraction of sp³-hybridized carbons (Fsp3) is 0.333. The molecule has 1 N–H and O–H groups in total. The third kappa shape index (κ3) is 4.05. The van der Waals surface area contributed by atoms with E-state index < -0.39 is 0 Å². The number of carbonyl (C=O) groups excluding carboxylic acids is 1. The van der Waals surface area contributed by atoms with Crippen LogP contribution in [0.1, 0.15) is 18.9 Å². The van der Waals surface area contributed by atoms with Crippen LogP contribution in [-0.4, -0.2) is 51.3 Å². The minimum atomic E-state index is -0.239. The summed E-state index contributed by atoms with van der Waals surface area (Å²) in [7, 11) is 1.64. The smallest absolute Gasteiger partial charge is 0.267 e. The number of thioether (sulfide) groups is 1. The average Bonchev–Trinajstić information content (AvgIpc) is 2.94. The number of fused-ring (bicyclic) bond motifs is 1. The van der Waals surface area contributed by atoms with Crippen LogP contribution in [0.15, 0.2) is 34.1 Å². The predicted octanol–water partition coefficient (Wildman–Crippen LogP) is 2.36. The van der Waals surface area contributed by atoms with Gasteiger partial charge in [-0.1, -0.05) is 30.0 Å². The Balaban J connectivity index is 2.05. The van der Waals surface area contributed by atoms with E-state index >= 15 is 0 Å². The lowest BCUT2D eigenvalue weighted by molar-refractivity contribution is -0.121. The topological polar surface area (TPSA) is 75.9 Å². The summed E-state index contributed by atoms with van der Waals surface area (Å²) in [6, 6.07) is 5.35. The van der Waals surface area contributed by atoms with Gasteiger partial charge in [0, 0.05) is 33.0 Å². The standard InChI is InChI=1S/C18H20N4O3S2/c1-3-21-17(24)13(27-18(21)26)11-12-15(19-8-6-10-25-2)20-14-7-4-5-9-22(14)16(12)23/h4-5,7,9,11,19H,3,6,8,10H2,1-2H3/b13-11+. The number of thiocarbonyl (C=S) groups is 1.